The molecular weight excluding hydrogens is 250 g/mol. The average molecular weight is 267 g/mol. The first kappa shape index (κ1) is 13.4. The highest BCUT2D eigenvalue weighted by molar-refractivity contribution is 5.76. The lowest BCUT2D eigenvalue weighted by molar-refractivity contribution is -0.138. The van der Waals surface area contributed by atoms with Crippen LogP contribution in [0.5, 0.6) is 0 Å². The Kier molecular flexibility index (Phi) is 4.03. The summed E-state index contributed by atoms with van der Waals surface area (Å²) in [4.78, 5) is 22.7. The van der Waals surface area contributed by atoms with E-state index in [4.69, 9.17) is 5.11 Å². The summed E-state index contributed by atoms with van der Waals surface area (Å²) in [6.45, 7) is 0.255. The van der Waals surface area contributed by atoms with Crippen LogP contribution in [0, 0.1) is 0 Å². The van der Waals surface area contributed by atoms with Crippen molar-refractivity contribution in [2.75, 3.05) is 0 Å². The molecule has 1 aliphatic carbocycles. The second-order valence-corrected chi connectivity index (χ2v) is 4.86. The SMILES string of the molecule is O=C(O)CC1(NC(=O)NCc2ccon2)CCCC1. The summed E-state index contributed by atoms with van der Waals surface area (Å²) in [5, 5.41) is 18.1. The first-order valence-corrected chi connectivity index (χ1v) is 6.27. The van der Waals surface area contributed by atoms with E-state index >= 15 is 0 Å². The number of urea groups is 1. The molecular formula is C12H17N3O4. The first-order valence-electron chi connectivity index (χ1n) is 6.27. The number of carbonyl (C=O) groups excluding carboxylic acids is 1. The highest BCUT2D eigenvalue weighted by Gasteiger charge is 2.37. The quantitative estimate of drug-likeness (QED) is 0.745. The predicted octanol–water partition coefficient (Wildman–Crippen LogP) is 1.26. The summed E-state index contributed by atoms with van der Waals surface area (Å²) in [5.41, 5.74) is 0.00794. The molecule has 1 aliphatic rings. The third-order valence-corrected chi connectivity index (χ3v) is 3.35. The molecule has 1 heterocycles. The minimum atomic E-state index is -0.890. The number of nitrogens with one attached hydrogen (secondary N) is 2. The van der Waals surface area contributed by atoms with Gasteiger partial charge in [-0.15, -0.1) is 0 Å². The number of carbonyl (C=O) groups is 2. The molecule has 0 bridgehead atoms. The zero-order valence-corrected chi connectivity index (χ0v) is 10.5. The van der Waals surface area contributed by atoms with Crippen LogP contribution in [0.25, 0.3) is 0 Å². The summed E-state index contributed by atoms with van der Waals surface area (Å²) < 4.78 is 4.65. The van der Waals surface area contributed by atoms with E-state index in [0.29, 0.717) is 18.5 Å². The van der Waals surface area contributed by atoms with E-state index in [0.717, 1.165) is 12.8 Å². The van der Waals surface area contributed by atoms with Crippen molar-refractivity contribution in [1.29, 1.82) is 0 Å². The van der Waals surface area contributed by atoms with Gasteiger partial charge in [0.15, 0.2) is 0 Å². The Balaban J connectivity index is 1.86. The summed E-state index contributed by atoms with van der Waals surface area (Å²) >= 11 is 0. The molecule has 1 aromatic rings. The normalized spacial score (nSPS) is 17.1. The Morgan fingerprint density at radius 2 is 2.16 bits per heavy atom. The van der Waals surface area contributed by atoms with E-state index in [1.54, 1.807) is 6.07 Å². The highest BCUT2D eigenvalue weighted by Crippen LogP contribution is 2.32. The second kappa shape index (κ2) is 5.73. The van der Waals surface area contributed by atoms with E-state index in [9.17, 15) is 9.59 Å². The van der Waals surface area contributed by atoms with Crippen molar-refractivity contribution in [2.24, 2.45) is 0 Å². The van der Waals surface area contributed by atoms with Crippen LogP contribution in [0.2, 0.25) is 0 Å². The third kappa shape index (κ3) is 3.70. The predicted molar refractivity (Wildman–Crippen MR) is 65.3 cm³/mol. The van der Waals surface area contributed by atoms with Gasteiger partial charge in [-0.1, -0.05) is 18.0 Å². The van der Waals surface area contributed by atoms with E-state index in [-0.39, 0.29) is 19.0 Å². The maximum atomic E-state index is 11.8. The van der Waals surface area contributed by atoms with Gasteiger partial charge in [0.05, 0.1) is 18.5 Å². The van der Waals surface area contributed by atoms with Gasteiger partial charge >= 0.3 is 12.0 Å². The number of rotatable bonds is 5. The zero-order valence-electron chi connectivity index (χ0n) is 10.5. The Morgan fingerprint density at radius 1 is 1.42 bits per heavy atom. The van der Waals surface area contributed by atoms with Gasteiger partial charge in [-0.3, -0.25) is 4.79 Å². The second-order valence-electron chi connectivity index (χ2n) is 4.86. The van der Waals surface area contributed by atoms with Crippen molar-refractivity contribution in [3.63, 3.8) is 0 Å². The van der Waals surface area contributed by atoms with Gasteiger partial charge in [0, 0.05) is 6.07 Å². The highest BCUT2D eigenvalue weighted by atomic mass is 16.5. The molecule has 3 N–H and O–H groups in total. The molecule has 1 fully saturated rings. The van der Waals surface area contributed by atoms with Gasteiger partial charge in [0.1, 0.15) is 12.0 Å². The van der Waals surface area contributed by atoms with Crippen molar-refractivity contribution in [3.05, 3.63) is 18.0 Å². The molecule has 0 unspecified atom stereocenters. The minimum absolute atomic E-state index is 0.0373. The number of amides is 2. The monoisotopic (exact) mass is 267 g/mol. The zero-order chi connectivity index (χ0) is 13.7. The maximum absolute atomic E-state index is 11.8. The molecule has 0 spiro atoms. The van der Waals surface area contributed by atoms with Crippen LogP contribution in [0.4, 0.5) is 4.79 Å². The number of aromatic nitrogens is 1. The van der Waals surface area contributed by atoms with E-state index in [2.05, 4.69) is 20.3 Å². The molecule has 2 amide bonds. The Morgan fingerprint density at radius 3 is 2.74 bits per heavy atom. The van der Waals surface area contributed by atoms with Crippen LogP contribution >= 0.6 is 0 Å². The molecule has 0 aromatic carbocycles. The summed E-state index contributed by atoms with van der Waals surface area (Å²) in [5.74, 6) is -0.890. The minimum Gasteiger partial charge on any atom is -0.481 e. The molecule has 104 valence electrons. The fraction of sp³-hybridized carbons (Fsp3) is 0.583. The number of hydrogen-bond donors (Lipinski definition) is 3. The standard InChI is InChI=1S/C12H17N3O4/c16-10(17)7-12(4-1-2-5-12)14-11(18)13-8-9-3-6-19-15-9/h3,6H,1-2,4-5,7-8H2,(H,16,17)(H2,13,14,18). The van der Waals surface area contributed by atoms with Gasteiger partial charge in [0.2, 0.25) is 0 Å². The van der Waals surface area contributed by atoms with Crippen molar-refractivity contribution in [1.82, 2.24) is 15.8 Å². The van der Waals surface area contributed by atoms with E-state index in [1.807, 2.05) is 0 Å². The molecule has 1 aromatic heterocycles. The van der Waals surface area contributed by atoms with E-state index in [1.165, 1.54) is 6.26 Å². The average Bonchev–Trinajstić information content (AvgIpc) is 2.97. The molecule has 0 radical (unpaired) electrons. The van der Waals surface area contributed by atoms with Crippen LogP contribution in [0.3, 0.4) is 0 Å². The topological polar surface area (TPSA) is 104 Å². The molecule has 2 rings (SSSR count). The number of hydrogen-bond acceptors (Lipinski definition) is 4. The number of carboxylic acids is 1. The van der Waals surface area contributed by atoms with Gasteiger partial charge in [-0.2, -0.15) is 0 Å². The van der Waals surface area contributed by atoms with Gasteiger partial charge in [-0.25, -0.2) is 4.79 Å². The molecule has 7 heteroatoms. The van der Waals surface area contributed by atoms with Crippen LogP contribution < -0.4 is 10.6 Å². The van der Waals surface area contributed by atoms with Crippen molar-refractivity contribution < 1.29 is 19.2 Å². The maximum Gasteiger partial charge on any atom is 0.315 e. The molecule has 19 heavy (non-hydrogen) atoms. The summed E-state index contributed by atoms with van der Waals surface area (Å²) in [6, 6.07) is 1.29. The molecule has 7 nitrogen and oxygen atoms in total. The van der Waals surface area contributed by atoms with Crippen molar-refractivity contribution in [3.8, 4) is 0 Å². The van der Waals surface area contributed by atoms with Crippen LogP contribution in [0.1, 0.15) is 37.8 Å². The van der Waals surface area contributed by atoms with Crippen LogP contribution in [-0.2, 0) is 11.3 Å². The van der Waals surface area contributed by atoms with Crippen LogP contribution in [0.15, 0.2) is 16.9 Å². The lowest BCUT2D eigenvalue weighted by atomic mass is 9.93. The fourth-order valence-corrected chi connectivity index (χ4v) is 2.47. The Bertz CT molecular complexity index is 438. The van der Waals surface area contributed by atoms with Crippen LogP contribution in [-0.4, -0.2) is 27.8 Å². The van der Waals surface area contributed by atoms with Gasteiger partial charge < -0.3 is 20.3 Å². The third-order valence-electron chi connectivity index (χ3n) is 3.35. The largest absolute Gasteiger partial charge is 0.481 e. The fourth-order valence-electron chi connectivity index (χ4n) is 2.47. The lowest BCUT2D eigenvalue weighted by Gasteiger charge is -2.28. The smallest absolute Gasteiger partial charge is 0.315 e. The number of carboxylic acid groups (broad SMARTS) is 1. The van der Waals surface area contributed by atoms with Gasteiger partial charge in [0.25, 0.3) is 0 Å². The summed E-state index contributed by atoms with van der Waals surface area (Å²) in [6.07, 6.45) is 4.68. The Labute approximate surface area is 110 Å². The molecule has 0 saturated heterocycles. The lowest BCUT2D eigenvalue weighted by Crippen LogP contribution is -2.51. The molecule has 0 aliphatic heterocycles. The molecule has 1 saturated carbocycles. The summed E-state index contributed by atoms with van der Waals surface area (Å²) in [7, 11) is 0. The Hall–Kier alpha value is -2.05. The van der Waals surface area contributed by atoms with Gasteiger partial charge in [-0.05, 0) is 12.8 Å². The van der Waals surface area contributed by atoms with E-state index < -0.39 is 11.5 Å². The van der Waals surface area contributed by atoms with Crippen molar-refractivity contribution in [2.45, 2.75) is 44.2 Å². The number of nitrogens with zero attached hydrogens (tertiary/aromatic N) is 1. The van der Waals surface area contributed by atoms with Crippen molar-refractivity contribution >= 4 is 12.0 Å². The number of aliphatic carboxylic acids is 1. The first-order chi connectivity index (χ1) is 9.10. The molecule has 0 atom stereocenters.